The van der Waals surface area contributed by atoms with Crippen LogP contribution in [0.5, 0.6) is 0 Å². The van der Waals surface area contributed by atoms with Crippen LogP contribution < -0.4 is 10.6 Å². The first-order valence-electron chi connectivity index (χ1n) is 9.96. The lowest BCUT2D eigenvalue weighted by Crippen LogP contribution is -2.46. The largest absolute Gasteiger partial charge is 0.359 e. The summed E-state index contributed by atoms with van der Waals surface area (Å²) in [6.45, 7) is 9.71. The highest BCUT2D eigenvalue weighted by Gasteiger charge is 2.25. The van der Waals surface area contributed by atoms with Crippen LogP contribution in [0.4, 0.5) is 0 Å². The maximum absolute atomic E-state index is 11.6. The number of likely N-dealkylation sites (tertiary alicyclic amines) is 1. The third-order valence-corrected chi connectivity index (χ3v) is 6.07. The van der Waals surface area contributed by atoms with E-state index in [1.807, 2.05) is 18.2 Å². The van der Waals surface area contributed by atoms with Crippen LogP contribution >= 0.6 is 23.2 Å². The topological polar surface area (TPSA) is 56.7 Å². The molecule has 2 N–H and O–H groups in total. The molecule has 0 spiro atoms. The van der Waals surface area contributed by atoms with Crippen LogP contribution in [-0.2, 0) is 10.2 Å². The van der Waals surface area contributed by atoms with Gasteiger partial charge in [-0.2, -0.15) is 0 Å². The number of hydrogen-bond acceptors (Lipinski definition) is 2. The van der Waals surface area contributed by atoms with Gasteiger partial charge in [-0.3, -0.25) is 9.79 Å². The Hall–Kier alpha value is -1.46. The zero-order valence-electron chi connectivity index (χ0n) is 17.3. The molecule has 0 aliphatic carbocycles. The summed E-state index contributed by atoms with van der Waals surface area (Å²) in [6.07, 6.45) is 2.63. The standard InChI is InChI=1S/C21H32Cl2N4O/c1-5-25-20(27-10-8-15(9-11-27)12-19(28)24-4)26-14-21(2,3)16-6-7-17(22)18(23)13-16/h6-7,13,15H,5,8-12,14H2,1-4H3,(H,24,28)(H,25,26). The van der Waals surface area contributed by atoms with E-state index >= 15 is 0 Å². The first-order chi connectivity index (χ1) is 13.3. The number of hydrogen-bond donors (Lipinski definition) is 2. The number of carbonyl (C=O) groups is 1. The molecular formula is C21H32Cl2N4O. The first-order valence-corrected chi connectivity index (χ1v) is 10.7. The zero-order valence-corrected chi connectivity index (χ0v) is 18.8. The third kappa shape index (κ3) is 6.28. The summed E-state index contributed by atoms with van der Waals surface area (Å²) in [5.74, 6) is 1.52. The fourth-order valence-corrected chi connectivity index (χ4v) is 3.72. The van der Waals surface area contributed by atoms with E-state index in [1.165, 1.54) is 0 Å². The lowest BCUT2D eigenvalue weighted by molar-refractivity contribution is -0.121. The van der Waals surface area contributed by atoms with Gasteiger partial charge in [0.15, 0.2) is 5.96 Å². The fourth-order valence-electron chi connectivity index (χ4n) is 3.42. The van der Waals surface area contributed by atoms with Crippen molar-refractivity contribution in [2.24, 2.45) is 10.9 Å². The Bertz CT molecular complexity index is 698. The highest BCUT2D eigenvalue weighted by molar-refractivity contribution is 6.42. The number of carbonyl (C=O) groups excluding carboxylic acids is 1. The Morgan fingerprint density at radius 2 is 1.93 bits per heavy atom. The van der Waals surface area contributed by atoms with Gasteiger partial charge in [0.25, 0.3) is 0 Å². The van der Waals surface area contributed by atoms with Gasteiger partial charge in [0.1, 0.15) is 0 Å². The summed E-state index contributed by atoms with van der Waals surface area (Å²) in [7, 11) is 1.70. The molecule has 7 heteroatoms. The molecule has 1 fully saturated rings. The minimum atomic E-state index is -0.160. The third-order valence-electron chi connectivity index (χ3n) is 5.33. The van der Waals surface area contributed by atoms with Gasteiger partial charge in [0, 0.05) is 38.5 Å². The molecule has 1 amide bonds. The minimum Gasteiger partial charge on any atom is -0.359 e. The van der Waals surface area contributed by atoms with E-state index in [0.29, 0.717) is 28.9 Å². The second-order valence-electron chi connectivity index (χ2n) is 7.99. The highest BCUT2D eigenvalue weighted by Crippen LogP contribution is 2.30. The minimum absolute atomic E-state index is 0.127. The van der Waals surface area contributed by atoms with Crippen LogP contribution in [0, 0.1) is 5.92 Å². The van der Waals surface area contributed by atoms with Crippen LogP contribution in [0.1, 0.15) is 45.6 Å². The Labute approximate surface area is 178 Å². The Balaban J connectivity index is 2.03. The van der Waals surface area contributed by atoms with Crippen molar-refractivity contribution < 1.29 is 4.79 Å². The number of piperidine rings is 1. The van der Waals surface area contributed by atoms with Gasteiger partial charge in [-0.05, 0) is 43.4 Å². The Morgan fingerprint density at radius 1 is 1.25 bits per heavy atom. The molecule has 1 aliphatic rings. The van der Waals surface area contributed by atoms with Crippen LogP contribution in [0.15, 0.2) is 23.2 Å². The molecule has 0 aromatic heterocycles. The molecule has 1 aliphatic heterocycles. The molecule has 2 rings (SSSR count). The van der Waals surface area contributed by atoms with E-state index in [9.17, 15) is 4.79 Å². The monoisotopic (exact) mass is 426 g/mol. The van der Waals surface area contributed by atoms with Gasteiger partial charge >= 0.3 is 0 Å². The SMILES string of the molecule is CCNC(=NCC(C)(C)c1ccc(Cl)c(Cl)c1)N1CCC(CC(=O)NC)CC1. The quantitative estimate of drug-likeness (QED) is 0.531. The molecule has 0 bridgehead atoms. The number of nitrogens with zero attached hydrogens (tertiary/aromatic N) is 2. The van der Waals surface area contributed by atoms with E-state index < -0.39 is 0 Å². The van der Waals surface area contributed by atoms with Crippen molar-refractivity contribution in [2.75, 3.05) is 33.2 Å². The zero-order chi connectivity index (χ0) is 20.7. The van der Waals surface area contributed by atoms with Gasteiger partial charge in [0.05, 0.1) is 16.6 Å². The molecule has 1 aromatic carbocycles. The average molecular weight is 427 g/mol. The average Bonchev–Trinajstić information content (AvgIpc) is 2.67. The second kappa shape index (κ2) is 10.4. The van der Waals surface area contributed by atoms with E-state index in [1.54, 1.807) is 7.05 Å². The molecule has 156 valence electrons. The first kappa shape index (κ1) is 22.8. The number of halogens is 2. The Kier molecular flexibility index (Phi) is 8.44. The van der Waals surface area contributed by atoms with E-state index in [2.05, 4.69) is 36.3 Å². The van der Waals surface area contributed by atoms with E-state index in [-0.39, 0.29) is 11.3 Å². The van der Waals surface area contributed by atoms with Crippen LogP contribution in [0.2, 0.25) is 10.0 Å². The van der Waals surface area contributed by atoms with Crippen molar-refractivity contribution >= 4 is 35.1 Å². The van der Waals surface area contributed by atoms with Crippen molar-refractivity contribution in [1.29, 1.82) is 0 Å². The van der Waals surface area contributed by atoms with Crippen LogP contribution in [0.3, 0.4) is 0 Å². The molecule has 28 heavy (non-hydrogen) atoms. The molecule has 1 saturated heterocycles. The molecule has 1 heterocycles. The molecule has 0 unspecified atom stereocenters. The summed E-state index contributed by atoms with van der Waals surface area (Å²) in [4.78, 5) is 18.8. The van der Waals surface area contributed by atoms with Crippen molar-refractivity contribution in [3.05, 3.63) is 33.8 Å². The predicted molar refractivity (Wildman–Crippen MR) is 118 cm³/mol. The molecular weight excluding hydrogens is 395 g/mol. The van der Waals surface area contributed by atoms with E-state index in [0.717, 1.165) is 44.0 Å². The maximum atomic E-state index is 11.6. The molecule has 0 radical (unpaired) electrons. The summed E-state index contributed by atoms with van der Waals surface area (Å²) in [6, 6.07) is 5.78. The number of amides is 1. The Morgan fingerprint density at radius 3 is 2.50 bits per heavy atom. The summed E-state index contributed by atoms with van der Waals surface area (Å²) in [5.41, 5.74) is 0.956. The van der Waals surface area contributed by atoms with Gasteiger partial charge in [-0.25, -0.2) is 0 Å². The van der Waals surface area contributed by atoms with Gasteiger partial charge in [0.2, 0.25) is 5.91 Å². The van der Waals surface area contributed by atoms with Crippen molar-refractivity contribution in [2.45, 2.75) is 45.4 Å². The number of benzene rings is 1. The maximum Gasteiger partial charge on any atom is 0.220 e. The number of nitrogens with one attached hydrogen (secondary N) is 2. The number of guanidine groups is 1. The highest BCUT2D eigenvalue weighted by atomic mass is 35.5. The molecule has 0 atom stereocenters. The van der Waals surface area contributed by atoms with Crippen molar-refractivity contribution in [3.8, 4) is 0 Å². The molecule has 5 nitrogen and oxygen atoms in total. The summed E-state index contributed by atoms with van der Waals surface area (Å²) < 4.78 is 0. The van der Waals surface area contributed by atoms with Crippen LogP contribution in [0.25, 0.3) is 0 Å². The van der Waals surface area contributed by atoms with Gasteiger partial charge in [-0.15, -0.1) is 0 Å². The number of aliphatic imine (C=N–C) groups is 1. The number of rotatable bonds is 6. The summed E-state index contributed by atoms with van der Waals surface area (Å²) >= 11 is 12.2. The van der Waals surface area contributed by atoms with Crippen molar-refractivity contribution in [3.63, 3.8) is 0 Å². The van der Waals surface area contributed by atoms with Crippen molar-refractivity contribution in [1.82, 2.24) is 15.5 Å². The lowest BCUT2D eigenvalue weighted by Gasteiger charge is -2.34. The normalized spacial score (nSPS) is 16.2. The lowest BCUT2D eigenvalue weighted by atomic mass is 9.85. The fraction of sp³-hybridized carbons (Fsp3) is 0.619. The van der Waals surface area contributed by atoms with Gasteiger partial charge < -0.3 is 15.5 Å². The van der Waals surface area contributed by atoms with E-state index in [4.69, 9.17) is 28.2 Å². The van der Waals surface area contributed by atoms with Crippen LogP contribution in [-0.4, -0.2) is 50.0 Å². The predicted octanol–water partition coefficient (Wildman–Crippen LogP) is 4.08. The summed E-state index contributed by atoms with van der Waals surface area (Å²) in [5, 5.41) is 7.27. The molecule has 0 saturated carbocycles. The second-order valence-corrected chi connectivity index (χ2v) is 8.81. The smallest absolute Gasteiger partial charge is 0.220 e. The van der Waals surface area contributed by atoms with Gasteiger partial charge in [-0.1, -0.05) is 43.1 Å². The molecule has 1 aromatic rings.